The van der Waals surface area contributed by atoms with Gasteiger partial charge in [-0.25, -0.2) is 10.2 Å². The first kappa shape index (κ1) is 27.6. The zero-order valence-electron chi connectivity index (χ0n) is 22.6. The van der Waals surface area contributed by atoms with Gasteiger partial charge in [-0.05, 0) is 92.4 Å². The van der Waals surface area contributed by atoms with Crippen molar-refractivity contribution in [1.82, 2.24) is 5.43 Å². The van der Waals surface area contributed by atoms with Crippen molar-refractivity contribution in [2.75, 3.05) is 34.3 Å². The van der Waals surface area contributed by atoms with Crippen LogP contribution in [0.25, 0.3) is 0 Å². The number of halogens is 1. The number of quaternary nitrogens is 1. The first-order valence-electron chi connectivity index (χ1n) is 13.6. The molecule has 7 nitrogen and oxygen atoms in total. The molecule has 0 radical (unpaired) electrons. The van der Waals surface area contributed by atoms with Crippen LogP contribution in [0, 0.1) is 34.5 Å². The SMILES string of the molecule is C[C@]12CC/C(=N\NC(=O)C[N+](C)(C)C)C[C@H]1CC[C@@H]1[C@@H]2CC[C@]2(C)[C@@H](C3=CC(=O)OC3)CC[C@]12O.[Cl-]. The lowest BCUT2D eigenvalue weighted by Gasteiger charge is -2.63. The van der Waals surface area contributed by atoms with E-state index in [0.29, 0.717) is 35.4 Å². The first-order chi connectivity index (χ1) is 16.4. The van der Waals surface area contributed by atoms with E-state index in [1.165, 1.54) is 0 Å². The molecule has 0 spiro atoms. The van der Waals surface area contributed by atoms with Gasteiger partial charge in [0.15, 0.2) is 6.54 Å². The predicted molar refractivity (Wildman–Crippen MR) is 134 cm³/mol. The lowest BCUT2D eigenvalue weighted by molar-refractivity contribution is -0.862. The Morgan fingerprint density at radius 3 is 2.56 bits per heavy atom. The molecule has 36 heavy (non-hydrogen) atoms. The summed E-state index contributed by atoms with van der Waals surface area (Å²) in [5.41, 5.74) is 4.37. The van der Waals surface area contributed by atoms with Crippen LogP contribution in [0.4, 0.5) is 0 Å². The monoisotopic (exact) mass is 521 g/mol. The van der Waals surface area contributed by atoms with E-state index in [2.05, 4.69) is 24.4 Å². The van der Waals surface area contributed by atoms with Crippen LogP contribution in [-0.2, 0) is 14.3 Å². The topological polar surface area (TPSA) is 88.0 Å². The first-order valence-corrected chi connectivity index (χ1v) is 13.6. The number of carbonyl (C=O) groups excluding carboxylic acids is 2. The second kappa shape index (κ2) is 9.39. The summed E-state index contributed by atoms with van der Waals surface area (Å²) >= 11 is 0. The normalized spacial score (nSPS) is 43.0. The number of ether oxygens (including phenoxy) is 1. The van der Waals surface area contributed by atoms with E-state index < -0.39 is 5.60 Å². The molecule has 0 aromatic carbocycles. The predicted octanol–water partition coefficient (Wildman–Crippen LogP) is 0.426. The Morgan fingerprint density at radius 2 is 1.89 bits per heavy atom. The van der Waals surface area contributed by atoms with E-state index >= 15 is 0 Å². The fraction of sp³-hybridized carbons (Fsp3) is 0.821. The molecule has 202 valence electrons. The molecule has 4 fully saturated rings. The molecule has 5 rings (SSSR count). The summed E-state index contributed by atoms with van der Waals surface area (Å²) in [6.45, 7) is 5.56. The van der Waals surface area contributed by atoms with Crippen LogP contribution in [-0.4, -0.2) is 67.1 Å². The maximum absolute atomic E-state index is 12.3. The van der Waals surface area contributed by atoms with Crippen molar-refractivity contribution in [1.29, 1.82) is 0 Å². The fourth-order valence-electron chi connectivity index (χ4n) is 8.92. The summed E-state index contributed by atoms with van der Waals surface area (Å²) in [5, 5.41) is 16.9. The smallest absolute Gasteiger partial charge is 0.331 e. The molecular formula is C28H44ClN3O4. The quantitative estimate of drug-likeness (QED) is 0.319. The highest BCUT2D eigenvalue weighted by Gasteiger charge is 2.67. The van der Waals surface area contributed by atoms with Crippen LogP contribution in [0.3, 0.4) is 0 Å². The number of nitrogens with one attached hydrogen (secondary N) is 1. The number of hydrogen-bond acceptors (Lipinski definition) is 5. The van der Waals surface area contributed by atoms with Crippen LogP contribution in [0.15, 0.2) is 16.8 Å². The number of likely N-dealkylation sites (N-methyl/N-ethyl adjacent to an activating group) is 1. The number of rotatable bonds is 4. The van der Waals surface area contributed by atoms with Gasteiger partial charge in [-0.15, -0.1) is 0 Å². The van der Waals surface area contributed by atoms with E-state index in [9.17, 15) is 14.7 Å². The molecule has 4 aliphatic carbocycles. The van der Waals surface area contributed by atoms with Crippen molar-refractivity contribution < 1.29 is 36.3 Å². The minimum absolute atomic E-state index is 0. The van der Waals surface area contributed by atoms with Crippen molar-refractivity contribution in [2.24, 2.45) is 39.6 Å². The van der Waals surface area contributed by atoms with Gasteiger partial charge in [0.05, 0.1) is 26.7 Å². The molecule has 0 saturated heterocycles. The Morgan fingerprint density at radius 1 is 1.14 bits per heavy atom. The minimum Gasteiger partial charge on any atom is -1.00 e. The summed E-state index contributed by atoms with van der Waals surface area (Å²) in [6, 6.07) is 0. The summed E-state index contributed by atoms with van der Waals surface area (Å²) in [4.78, 5) is 24.0. The maximum atomic E-state index is 12.3. The van der Waals surface area contributed by atoms with Crippen LogP contribution >= 0.6 is 0 Å². The molecule has 0 unspecified atom stereocenters. The molecule has 8 heteroatoms. The molecule has 1 amide bonds. The molecule has 0 aromatic heterocycles. The highest BCUT2D eigenvalue weighted by Crippen LogP contribution is 2.69. The van der Waals surface area contributed by atoms with Gasteiger partial charge < -0.3 is 26.7 Å². The molecule has 7 atom stereocenters. The zero-order valence-corrected chi connectivity index (χ0v) is 23.4. The van der Waals surface area contributed by atoms with E-state index in [-0.39, 0.29) is 41.0 Å². The molecule has 0 bridgehead atoms. The van der Waals surface area contributed by atoms with Crippen LogP contribution < -0.4 is 17.8 Å². The number of hydrazone groups is 1. The van der Waals surface area contributed by atoms with Gasteiger partial charge >= 0.3 is 5.97 Å². The number of hydrogen-bond donors (Lipinski definition) is 2. The van der Waals surface area contributed by atoms with Crippen molar-refractivity contribution in [3.8, 4) is 0 Å². The Hall–Kier alpha value is -1.44. The summed E-state index contributed by atoms with van der Waals surface area (Å²) < 4.78 is 5.83. The number of cyclic esters (lactones) is 1. The molecule has 4 saturated carbocycles. The highest BCUT2D eigenvalue weighted by molar-refractivity contribution is 5.87. The van der Waals surface area contributed by atoms with Crippen molar-refractivity contribution in [3.63, 3.8) is 0 Å². The molecule has 0 aromatic rings. The molecule has 1 aliphatic heterocycles. The van der Waals surface area contributed by atoms with E-state index in [0.717, 1.165) is 69.1 Å². The summed E-state index contributed by atoms with van der Waals surface area (Å²) in [5.74, 6) is 1.37. The second-order valence-corrected chi connectivity index (χ2v) is 13.7. The third-order valence-electron chi connectivity index (χ3n) is 10.8. The molecule has 5 aliphatic rings. The Labute approximate surface area is 222 Å². The number of aliphatic hydroxyl groups is 1. The third kappa shape index (κ3) is 4.43. The van der Waals surface area contributed by atoms with Gasteiger partial charge in [-0.1, -0.05) is 13.8 Å². The van der Waals surface area contributed by atoms with Gasteiger partial charge in [-0.2, -0.15) is 5.10 Å². The number of nitrogens with zero attached hydrogens (tertiary/aromatic N) is 2. The van der Waals surface area contributed by atoms with E-state index in [1.807, 2.05) is 21.1 Å². The summed E-state index contributed by atoms with van der Waals surface area (Å²) in [6.07, 6.45) is 10.7. The molecule has 1 heterocycles. The minimum atomic E-state index is -0.672. The second-order valence-electron chi connectivity index (χ2n) is 13.7. The third-order valence-corrected chi connectivity index (χ3v) is 10.8. The number of amides is 1. The van der Waals surface area contributed by atoms with Gasteiger partial charge in [0.2, 0.25) is 0 Å². The molecular weight excluding hydrogens is 478 g/mol. The average Bonchev–Trinajstić information content (AvgIpc) is 3.31. The zero-order chi connectivity index (χ0) is 25.2. The fourth-order valence-corrected chi connectivity index (χ4v) is 8.92. The van der Waals surface area contributed by atoms with Gasteiger partial charge in [0.1, 0.15) is 6.61 Å². The van der Waals surface area contributed by atoms with Crippen molar-refractivity contribution in [3.05, 3.63) is 11.6 Å². The Kier molecular flexibility index (Phi) is 7.20. The number of carbonyl (C=O) groups is 2. The average molecular weight is 522 g/mol. The van der Waals surface area contributed by atoms with Gasteiger partial charge in [0.25, 0.3) is 5.91 Å². The van der Waals surface area contributed by atoms with Crippen LogP contribution in [0.2, 0.25) is 0 Å². The lowest BCUT2D eigenvalue weighted by Crippen LogP contribution is -3.00. The maximum Gasteiger partial charge on any atom is 0.331 e. The largest absolute Gasteiger partial charge is 1.00 e. The van der Waals surface area contributed by atoms with Crippen molar-refractivity contribution >= 4 is 17.6 Å². The van der Waals surface area contributed by atoms with E-state index in [4.69, 9.17) is 4.74 Å². The number of fused-ring (bicyclic) bond motifs is 5. The standard InChI is InChI=1S/C28H43N3O4.ClH/c1-26-11-8-20(29-30-24(32)16-31(3,4)5)15-19(26)6-7-23-22(26)9-12-27(2)21(10-13-28(23,27)34)18-14-25(33)35-17-18;/h14,19,21-23,34H,6-13,15-17H2,1-5H3;1H/b29-20+;/t19-,21-,22+,23-,26+,27-,28+;/m1./s1. The van der Waals surface area contributed by atoms with Crippen LogP contribution in [0.1, 0.15) is 71.6 Å². The molecule has 2 N–H and O–H groups in total. The Balaban J connectivity index is 0.00000304. The lowest BCUT2D eigenvalue weighted by atomic mass is 9.43. The van der Waals surface area contributed by atoms with Crippen molar-refractivity contribution in [2.45, 2.75) is 77.2 Å². The number of esters is 1. The van der Waals surface area contributed by atoms with Gasteiger partial charge in [0, 0.05) is 17.2 Å². The van der Waals surface area contributed by atoms with E-state index in [1.54, 1.807) is 6.08 Å². The highest BCUT2D eigenvalue weighted by atomic mass is 35.5. The summed E-state index contributed by atoms with van der Waals surface area (Å²) in [7, 11) is 6.01. The Bertz CT molecular complexity index is 974. The van der Waals surface area contributed by atoms with Gasteiger partial charge in [-0.3, -0.25) is 4.79 Å². The van der Waals surface area contributed by atoms with Crippen LogP contribution in [0.5, 0.6) is 0 Å².